The molecule has 0 amide bonds. The molecule has 0 aromatic carbocycles. The molecule has 15 heavy (non-hydrogen) atoms. The molecule has 1 fully saturated rings. The smallest absolute Gasteiger partial charge is 0.222 e. The summed E-state index contributed by atoms with van der Waals surface area (Å²) in [5.41, 5.74) is 0.899. The predicted molar refractivity (Wildman–Crippen MR) is 57.5 cm³/mol. The molecule has 0 spiro atoms. The number of nitrogens with zero attached hydrogens (tertiary/aromatic N) is 3. The molecule has 1 N–H and O–H groups in total. The van der Waals surface area contributed by atoms with Gasteiger partial charge in [0.15, 0.2) is 0 Å². The Morgan fingerprint density at radius 1 is 1.60 bits per heavy atom. The lowest BCUT2D eigenvalue weighted by molar-refractivity contribution is 0.147. The van der Waals surface area contributed by atoms with Crippen LogP contribution in [0.4, 0.5) is 0 Å². The first-order valence-electron chi connectivity index (χ1n) is 5.03. The maximum Gasteiger partial charge on any atom is 0.222 e. The zero-order chi connectivity index (χ0) is 10.8. The number of aromatic nitrogens is 2. The van der Waals surface area contributed by atoms with Crippen molar-refractivity contribution in [2.45, 2.75) is 19.6 Å². The van der Waals surface area contributed by atoms with Gasteiger partial charge in [-0.25, -0.2) is 9.97 Å². The molecule has 2 atom stereocenters. The van der Waals surface area contributed by atoms with Crippen molar-refractivity contribution in [3.8, 4) is 0 Å². The van der Waals surface area contributed by atoms with Gasteiger partial charge >= 0.3 is 0 Å². The van der Waals surface area contributed by atoms with Gasteiger partial charge in [0.1, 0.15) is 0 Å². The van der Waals surface area contributed by atoms with Gasteiger partial charge < -0.3 is 5.11 Å². The largest absolute Gasteiger partial charge is 0.391 e. The summed E-state index contributed by atoms with van der Waals surface area (Å²) in [6, 6.07) is 1.85. The SMILES string of the molecule is CC1CN(Cc2ccnc(Cl)n2)CC1O. The lowest BCUT2D eigenvalue weighted by Gasteiger charge is -2.13. The standard InChI is InChI=1S/C10H14ClN3O/c1-7-4-14(6-9(7)15)5-8-2-3-12-10(11)13-8/h2-3,7,9,15H,4-6H2,1H3. The molecule has 1 aromatic heterocycles. The van der Waals surface area contributed by atoms with Crippen LogP contribution in [0.1, 0.15) is 12.6 Å². The minimum absolute atomic E-state index is 0.220. The second kappa shape index (κ2) is 4.43. The van der Waals surface area contributed by atoms with Crippen molar-refractivity contribution in [1.29, 1.82) is 0 Å². The quantitative estimate of drug-likeness (QED) is 0.765. The Kier molecular flexibility index (Phi) is 3.19. The van der Waals surface area contributed by atoms with Crippen molar-refractivity contribution < 1.29 is 5.11 Å². The van der Waals surface area contributed by atoms with E-state index in [0.717, 1.165) is 18.8 Å². The number of rotatable bonds is 2. The number of likely N-dealkylation sites (tertiary alicyclic amines) is 1. The van der Waals surface area contributed by atoms with Crippen LogP contribution < -0.4 is 0 Å². The van der Waals surface area contributed by atoms with Gasteiger partial charge in [0.05, 0.1) is 11.8 Å². The molecule has 0 saturated carbocycles. The van der Waals surface area contributed by atoms with E-state index in [4.69, 9.17) is 11.6 Å². The summed E-state index contributed by atoms with van der Waals surface area (Å²) in [4.78, 5) is 10.1. The molecule has 2 heterocycles. The monoisotopic (exact) mass is 227 g/mol. The van der Waals surface area contributed by atoms with Gasteiger partial charge in [-0.1, -0.05) is 6.92 Å². The normalized spacial score (nSPS) is 27.1. The second-order valence-electron chi connectivity index (χ2n) is 4.06. The molecule has 2 rings (SSSR count). The maximum absolute atomic E-state index is 9.60. The van der Waals surface area contributed by atoms with E-state index in [-0.39, 0.29) is 11.4 Å². The van der Waals surface area contributed by atoms with Gasteiger partial charge in [0.2, 0.25) is 5.28 Å². The van der Waals surface area contributed by atoms with Gasteiger partial charge in [-0.05, 0) is 23.6 Å². The Bertz CT molecular complexity index is 337. The molecular formula is C10H14ClN3O. The lowest BCUT2D eigenvalue weighted by atomic mass is 10.1. The van der Waals surface area contributed by atoms with Crippen LogP contribution in [0.2, 0.25) is 5.28 Å². The van der Waals surface area contributed by atoms with Crippen molar-refractivity contribution in [2.75, 3.05) is 13.1 Å². The number of hydrogen-bond acceptors (Lipinski definition) is 4. The van der Waals surface area contributed by atoms with E-state index in [9.17, 15) is 5.11 Å². The Morgan fingerprint density at radius 3 is 3.00 bits per heavy atom. The maximum atomic E-state index is 9.60. The number of hydrogen-bond donors (Lipinski definition) is 1. The van der Waals surface area contributed by atoms with E-state index in [1.807, 2.05) is 6.07 Å². The van der Waals surface area contributed by atoms with E-state index in [2.05, 4.69) is 21.8 Å². The Labute approximate surface area is 93.9 Å². The lowest BCUT2D eigenvalue weighted by Crippen LogP contribution is -2.22. The average molecular weight is 228 g/mol. The van der Waals surface area contributed by atoms with E-state index < -0.39 is 0 Å². The van der Waals surface area contributed by atoms with Gasteiger partial charge in [-0.3, -0.25) is 4.90 Å². The highest BCUT2D eigenvalue weighted by atomic mass is 35.5. The van der Waals surface area contributed by atoms with Gasteiger partial charge in [-0.2, -0.15) is 0 Å². The highest BCUT2D eigenvalue weighted by molar-refractivity contribution is 6.28. The Balaban J connectivity index is 1.98. The molecule has 0 aliphatic carbocycles. The third kappa shape index (κ3) is 2.65. The predicted octanol–water partition coefficient (Wildman–Crippen LogP) is 0.943. The molecular weight excluding hydrogens is 214 g/mol. The van der Waals surface area contributed by atoms with Crippen LogP contribution in [0.5, 0.6) is 0 Å². The summed E-state index contributed by atoms with van der Waals surface area (Å²) < 4.78 is 0. The first-order chi connectivity index (χ1) is 7.15. The molecule has 0 bridgehead atoms. The molecule has 4 nitrogen and oxygen atoms in total. The summed E-state index contributed by atoms with van der Waals surface area (Å²) in [7, 11) is 0. The Hall–Kier alpha value is -0.710. The average Bonchev–Trinajstić information content (AvgIpc) is 2.45. The van der Waals surface area contributed by atoms with Crippen molar-refractivity contribution >= 4 is 11.6 Å². The van der Waals surface area contributed by atoms with Crippen LogP contribution in [0.15, 0.2) is 12.3 Å². The number of halogens is 1. The fourth-order valence-electron chi connectivity index (χ4n) is 1.86. The molecule has 1 aromatic rings. The molecule has 0 radical (unpaired) electrons. The summed E-state index contributed by atoms with van der Waals surface area (Å²) in [5.74, 6) is 0.335. The summed E-state index contributed by atoms with van der Waals surface area (Å²) in [6.45, 7) is 4.40. The van der Waals surface area contributed by atoms with Crippen LogP contribution in [-0.4, -0.2) is 39.2 Å². The van der Waals surface area contributed by atoms with Crippen molar-refractivity contribution in [3.05, 3.63) is 23.2 Å². The van der Waals surface area contributed by atoms with Crippen molar-refractivity contribution in [3.63, 3.8) is 0 Å². The van der Waals surface area contributed by atoms with Crippen LogP contribution >= 0.6 is 11.6 Å². The topological polar surface area (TPSA) is 49.2 Å². The minimum Gasteiger partial charge on any atom is -0.391 e. The van der Waals surface area contributed by atoms with E-state index in [0.29, 0.717) is 12.5 Å². The first-order valence-corrected chi connectivity index (χ1v) is 5.41. The van der Waals surface area contributed by atoms with Crippen molar-refractivity contribution in [1.82, 2.24) is 14.9 Å². The van der Waals surface area contributed by atoms with Crippen molar-refractivity contribution in [2.24, 2.45) is 5.92 Å². The van der Waals surface area contributed by atoms with Crippen LogP contribution in [-0.2, 0) is 6.54 Å². The zero-order valence-electron chi connectivity index (χ0n) is 8.60. The zero-order valence-corrected chi connectivity index (χ0v) is 9.35. The molecule has 82 valence electrons. The van der Waals surface area contributed by atoms with Gasteiger partial charge in [0, 0.05) is 25.8 Å². The number of β-amino-alcohol motifs (C(OH)–C–C–N with tert-alkyl or cyclic N) is 1. The molecule has 1 saturated heterocycles. The first kappa shape index (κ1) is 10.8. The molecule has 1 aliphatic rings. The van der Waals surface area contributed by atoms with E-state index in [1.54, 1.807) is 6.20 Å². The minimum atomic E-state index is -0.220. The van der Waals surface area contributed by atoms with E-state index in [1.165, 1.54) is 0 Å². The Morgan fingerprint density at radius 2 is 2.40 bits per heavy atom. The van der Waals surface area contributed by atoms with Crippen LogP contribution in [0.25, 0.3) is 0 Å². The summed E-state index contributed by atoms with van der Waals surface area (Å²) in [6.07, 6.45) is 1.43. The fourth-order valence-corrected chi connectivity index (χ4v) is 2.03. The van der Waals surface area contributed by atoms with Gasteiger partial charge in [-0.15, -0.1) is 0 Å². The van der Waals surface area contributed by atoms with E-state index >= 15 is 0 Å². The van der Waals surface area contributed by atoms with Crippen LogP contribution in [0, 0.1) is 5.92 Å². The second-order valence-corrected chi connectivity index (χ2v) is 4.39. The highest BCUT2D eigenvalue weighted by Gasteiger charge is 2.27. The number of aliphatic hydroxyl groups excluding tert-OH is 1. The summed E-state index contributed by atoms with van der Waals surface area (Å²) >= 11 is 5.70. The third-order valence-corrected chi connectivity index (χ3v) is 2.90. The molecule has 1 aliphatic heterocycles. The number of aliphatic hydroxyl groups is 1. The summed E-state index contributed by atoms with van der Waals surface area (Å²) in [5, 5.41) is 9.88. The molecule has 2 unspecified atom stereocenters. The third-order valence-electron chi connectivity index (χ3n) is 2.72. The van der Waals surface area contributed by atoms with Gasteiger partial charge in [0.25, 0.3) is 0 Å². The van der Waals surface area contributed by atoms with Crippen LogP contribution in [0.3, 0.4) is 0 Å². The highest BCUT2D eigenvalue weighted by Crippen LogP contribution is 2.18. The fraction of sp³-hybridized carbons (Fsp3) is 0.600. The molecule has 5 heteroatoms.